The van der Waals surface area contributed by atoms with Crippen molar-refractivity contribution in [2.45, 2.75) is 19.9 Å². The van der Waals surface area contributed by atoms with Crippen LogP contribution in [-0.4, -0.2) is 63.2 Å². The number of methoxy groups -OCH3 is 1. The fraction of sp³-hybridized carbons (Fsp3) is 0.455. The summed E-state index contributed by atoms with van der Waals surface area (Å²) in [6.45, 7) is 5.63. The van der Waals surface area contributed by atoms with Crippen LogP contribution in [0.2, 0.25) is 0 Å². The lowest BCUT2D eigenvalue weighted by atomic mass is 10.1. The molecule has 0 unspecified atom stereocenters. The molecule has 0 saturated carbocycles. The summed E-state index contributed by atoms with van der Waals surface area (Å²) in [7, 11) is 5.50. The third-order valence-corrected chi connectivity index (χ3v) is 5.22. The number of hydrogen-bond acceptors (Lipinski definition) is 6. The second-order valence-corrected chi connectivity index (χ2v) is 7.29. The Hall–Kier alpha value is -2.80. The highest BCUT2D eigenvalue weighted by Gasteiger charge is 2.26. The number of aromatic nitrogens is 1. The summed E-state index contributed by atoms with van der Waals surface area (Å²) < 4.78 is 11.0. The minimum atomic E-state index is -0.00806. The van der Waals surface area contributed by atoms with Gasteiger partial charge in [0.1, 0.15) is 5.75 Å². The average molecular weight is 399 g/mol. The van der Waals surface area contributed by atoms with E-state index in [9.17, 15) is 4.79 Å². The fourth-order valence-corrected chi connectivity index (χ4v) is 3.41. The molecule has 2 heterocycles. The Kier molecular flexibility index (Phi) is 6.93. The van der Waals surface area contributed by atoms with Crippen molar-refractivity contribution >= 4 is 11.6 Å². The molecule has 1 N–H and O–H groups in total. The average Bonchev–Trinajstić information content (AvgIpc) is 2.84. The topological polar surface area (TPSA) is 66.9 Å². The van der Waals surface area contributed by atoms with Crippen LogP contribution in [0.5, 0.6) is 11.6 Å². The standard InChI is InChI=1S/C22H30N4O3/c1-16-12-18(29-11-5-8-23-2)7-6-17(16)15-26-10-9-25(3)20-13-21(28-4)24-14-19(20)22(26)27/h6-7,12-14,23H,5,8-11,15H2,1-4H3. The van der Waals surface area contributed by atoms with Gasteiger partial charge in [-0.15, -0.1) is 0 Å². The quantitative estimate of drug-likeness (QED) is 0.689. The zero-order valence-electron chi connectivity index (χ0n) is 17.7. The molecule has 0 atom stereocenters. The molecule has 7 nitrogen and oxygen atoms in total. The summed E-state index contributed by atoms with van der Waals surface area (Å²) >= 11 is 0. The van der Waals surface area contributed by atoms with Crippen LogP contribution >= 0.6 is 0 Å². The maximum Gasteiger partial charge on any atom is 0.257 e. The molecule has 1 amide bonds. The first-order valence-corrected chi connectivity index (χ1v) is 9.95. The Bertz CT molecular complexity index is 856. The fourth-order valence-electron chi connectivity index (χ4n) is 3.41. The largest absolute Gasteiger partial charge is 0.494 e. The molecule has 1 aliphatic heterocycles. The number of nitrogens with one attached hydrogen (secondary N) is 1. The van der Waals surface area contributed by atoms with Gasteiger partial charge in [-0.05, 0) is 50.2 Å². The van der Waals surface area contributed by atoms with Crippen molar-refractivity contribution in [2.24, 2.45) is 0 Å². The second-order valence-electron chi connectivity index (χ2n) is 7.29. The van der Waals surface area contributed by atoms with E-state index in [1.807, 2.05) is 37.2 Å². The Labute approximate surface area is 172 Å². The molecular formula is C22H30N4O3. The molecule has 0 radical (unpaired) electrons. The molecule has 3 rings (SSSR count). The minimum Gasteiger partial charge on any atom is -0.494 e. The number of ether oxygens (including phenoxy) is 2. The molecule has 0 fully saturated rings. The van der Waals surface area contributed by atoms with Gasteiger partial charge in [0.15, 0.2) is 0 Å². The van der Waals surface area contributed by atoms with E-state index in [1.165, 1.54) is 0 Å². The van der Waals surface area contributed by atoms with Gasteiger partial charge in [-0.1, -0.05) is 6.07 Å². The zero-order chi connectivity index (χ0) is 20.8. The number of benzene rings is 1. The molecule has 2 aromatic rings. The molecule has 1 aromatic heterocycles. The van der Waals surface area contributed by atoms with Crippen LogP contribution < -0.4 is 19.7 Å². The molecule has 0 saturated heterocycles. The van der Waals surface area contributed by atoms with Crippen LogP contribution in [0.1, 0.15) is 27.9 Å². The molecular weight excluding hydrogens is 368 g/mol. The van der Waals surface area contributed by atoms with Gasteiger partial charge in [0.2, 0.25) is 5.88 Å². The number of amides is 1. The van der Waals surface area contributed by atoms with Crippen LogP contribution in [0.15, 0.2) is 30.5 Å². The van der Waals surface area contributed by atoms with E-state index in [4.69, 9.17) is 9.47 Å². The Morgan fingerprint density at radius 3 is 2.79 bits per heavy atom. The van der Waals surface area contributed by atoms with Gasteiger partial charge >= 0.3 is 0 Å². The van der Waals surface area contributed by atoms with Crippen LogP contribution in [0.4, 0.5) is 5.69 Å². The van der Waals surface area contributed by atoms with Crippen LogP contribution in [0, 0.1) is 6.92 Å². The lowest BCUT2D eigenvalue weighted by Crippen LogP contribution is -2.33. The highest BCUT2D eigenvalue weighted by atomic mass is 16.5. The minimum absolute atomic E-state index is 0.00806. The van der Waals surface area contributed by atoms with E-state index < -0.39 is 0 Å². The van der Waals surface area contributed by atoms with Crippen molar-refractivity contribution in [3.63, 3.8) is 0 Å². The second kappa shape index (κ2) is 9.60. The van der Waals surface area contributed by atoms with Gasteiger partial charge in [0, 0.05) is 38.9 Å². The van der Waals surface area contributed by atoms with Gasteiger partial charge < -0.3 is 24.6 Å². The number of aryl methyl sites for hydroxylation is 1. The molecule has 1 aliphatic rings. The van der Waals surface area contributed by atoms with Gasteiger partial charge in [-0.2, -0.15) is 0 Å². The van der Waals surface area contributed by atoms with E-state index in [1.54, 1.807) is 13.3 Å². The third-order valence-electron chi connectivity index (χ3n) is 5.22. The molecule has 7 heteroatoms. The summed E-state index contributed by atoms with van der Waals surface area (Å²) in [5.74, 6) is 1.37. The summed E-state index contributed by atoms with van der Waals surface area (Å²) in [5.41, 5.74) is 3.70. The summed E-state index contributed by atoms with van der Waals surface area (Å²) in [6.07, 6.45) is 2.58. The van der Waals surface area contributed by atoms with Crippen molar-refractivity contribution in [2.75, 3.05) is 52.3 Å². The Balaban J connectivity index is 1.73. The van der Waals surface area contributed by atoms with Crippen molar-refractivity contribution in [1.82, 2.24) is 15.2 Å². The smallest absolute Gasteiger partial charge is 0.257 e. The van der Waals surface area contributed by atoms with Gasteiger partial charge in [0.25, 0.3) is 5.91 Å². The number of anilines is 1. The molecule has 156 valence electrons. The number of nitrogens with zero attached hydrogens (tertiary/aromatic N) is 3. The van der Waals surface area contributed by atoms with E-state index in [0.29, 0.717) is 31.1 Å². The van der Waals surface area contributed by atoms with Crippen molar-refractivity contribution in [3.8, 4) is 11.6 Å². The number of pyridine rings is 1. The predicted octanol–water partition coefficient (Wildman–Crippen LogP) is 2.48. The van der Waals surface area contributed by atoms with Crippen molar-refractivity contribution in [1.29, 1.82) is 0 Å². The normalized spacial score (nSPS) is 13.9. The molecule has 0 aliphatic carbocycles. The zero-order valence-corrected chi connectivity index (χ0v) is 17.7. The molecule has 29 heavy (non-hydrogen) atoms. The van der Waals surface area contributed by atoms with E-state index in [0.717, 1.165) is 42.1 Å². The van der Waals surface area contributed by atoms with Crippen LogP contribution in [-0.2, 0) is 6.54 Å². The number of likely N-dealkylation sites (N-methyl/N-ethyl adjacent to an activating group) is 1. The monoisotopic (exact) mass is 398 g/mol. The number of carbonyl (C=O) groups excluding carboxylic acids is 1. The third kappa shape index (κ3) is 4.98. The number of rotatable bonds is 8. The number of fused-ring (bicyclic) bond motifs is 1. The summed E-state index contributed by atoms with van der Waals surface area (Å²) in [6, 6.07) is 7.90. The van der Waals surface area contributed by atoms with Crippen molar-refractivity contribution < 1.29 is 14.3 Å². The van der Waals surface area contributed by atoms with Crippen LogP contribution in [0.3, 0.4) is 0 Å². The lowest BCUT2D eigenvalue weighted by Gasteiger charge is -2.22. The summed E-state index contributed by atoms with van der Waals surface area (Å²) in [4.78, 5) is 21.3. The maximum atomic E-state index is 13.2. The SMILES string of the molecule is CNCCCOc1ccc(CN2CCN(C)c3cc(OC)ncc3C2=O)c(C)c1. The van der Waals surface area contributed by atoms with Gasteiger partial charge in [-0.3, -0.25) is 4.79 Å². The Morgan fingerprint density at radius 1 is 1.24 bits per heavy atom. The van der Waals surface area contributed by atoms with Crippen LogP contribution in [0.25, 0.3) is 0 Å². The number of hydrogen-bond donors (Lipinski definition) is 1. The first-order chi connectivity index (χ1) is 14.0. The number of carbonyl (C=O) groups is 1. The maximum absolute atomic E-state index is 13.2. The van der Waals surface area contributed by atoms with E-state index >= 15 is 0 Å². The molecule has 0 spiro atoms. The summed E-state index contributed by atoms with van der Waals surface area (Å²) in [5, 5.41) is 3.11. The Morgan fingerprint density at radius 2 is 2.07 bits per heavy atom. The lowest BCUT2D eigenvalue weighted by molar-refractivity contribution is 0.0754. The molecule has 1 aromatic carbocycles. The molecule has 0 bridgehead atoms. The predicted molar refractivity (Wildman–Crippen MR) is 114 cm³/mol. The van der Waals surface area contributed by atoms with E-state index in [2.05, 4.69) is 28.2 Å². The highest BCUT2D eigenvalue weighted by Crippen LogP contribution is 2.28. The van der Waals surface area contributed by atoms with E-state index in [-0.39, 0.29) is 5.91 Å². The highest BCUT2D eigenvalue weighted by molar-refractivity contribution is 6.00. The van der Waals surface area contributed by atoms with Gasteiger partial charge in [0.05, 0.1) is 25.0 Å². The van der Waals surface area contributed by atoms with Gasteiger partial charge in [-0.25, -0.2) is 4.98 Å². The first kappa shape index (κ1) is 20.9. The first-order valence-electron chi connectivity index (χ1n) is 9.95. The van der Waals surface area contributed by atoms with Crippen molar-refractivity contribution in [3.05, 3.63) is 47.2 Å².